The summed E-state index contributed by atoms with van der Waals surface area (Å²) in [7, 11) is 0. The van der Waals surface area contributed by atoms with Crippen LogP contribution in [-0.4, -0.2) is 47.2 Å². The fraction of sp³-hybridized carbons (Fsp3) is 0.833. The van der Waals surface area contributed by atoms with Crippen LogP contribution >= 0.6 is 0 Å². The van der Waals surface area contributed by atoms with E-state index in [1.807, 2.05) is 0 Å². The molecule has 4 unspecified atom stereocenters. The fourth-order valence-corrected chi connectivity index (χ4v) is 1.08. The van der Waals surface area contributed by atoms with Gasteiger partial charge in [0.1, 0.15) is 12.2 Å². The molecule has 0 aromatic heterocycles. The zero-order chi connectivity index (χ0) is 10.0. The molecule has 0 bridgehead atoms. The van der Waals surface area contributed by atoms with Crippen LogP contribution in [0, 0.1) is 4.91 Å². The SMILES string of the molecule is O=NC1C(CO)OC(F)C(=O)C1O. The van der Waals surface area contributed by atoms with Gasteiger partial charge in [0, 0.05) is 0 Å². The molecule has 1 heterocycles. The number of rotatable bonds is 2. The Bertz CT molecular complexity index is 223. The minimum atomic E-state index is -2.30. The largest absolute Gasteiger partial charge is 0.394 e. The van der Waals surface area contributed by atoms with Crippen molar-refractivity contribution >= 4 is 5.78 Å². The summed E-state index contributed by atoms with van der Waals surface area (Å²) in [6, 6.07) is -1.44. The molecule has 1 fully saturated rings. The van der Waals surface area contributed by atoms with Crippen LogP contribution in [0.1, 0.15) is 0 Å². The molecule has 13 heavy (non-hydrogen) atoms. The Morgan fingerprint density at radius 2 is 2.23 bits per heavy atom. The van der Waals surface area contributed by atoms with Crippen LogP contribution in [-0.2, 0) is 9.53 Å². The van der Waals surface area contributed by atoms with E-state index in [0.717, 1.165) is 0 Å². The quantitative estimate of drug-likeness (QED) is 0.533. The van der Waals surface area contributed by atoms with E-state index in [2.05, 4.69) is 9.91 Å². The molecule has 74 valence electrons. The van der Waals surface area contributed by atoms with Gasteiger partial charge in [0.15, 0.2) is 6.04 Å². The van der Waals surface area contributed by atoms with Crippen LogP contribution in [0.25, 0.3) is 0 Å². The zero-order valence-electron chi connectivity index (χ0n) is 6.46. The Labute approximate surface area is 72.3 Å². The number of aliphatic hydroxyl groups excluding tert-OH is 2. The summed E-state index contributed by atoms with van der Waals surface area (Å²) in [5.41, 5.74) is 0. The van der Waals surface area contributed by atoms with Crippen LogP contribution in [0.3, 0.4) is 0 Å². The smallest absolute Gasteiger partial charge is 0.261 e. The maximum Gasteiger partial charge on any atom is 0.261 e. The molecule has 1 saturated heterocycles. The topological polar surface area (TPSA) is 96.2 Å². The number of hydrogen-bond donors (Lipinski definition) is 2. The molecule has 0 spiro atoms. The van der Waals surface area contributed by atoms with Crippen molar-refractivity contribution in [1.29, 1.82) is 0 Å². The number of nitrogens with zero attached hydrogens (tertiary/aromatic N) is 1. The predicted molar refractivity (Wildman–Crippen MR) is 37.5 cm³/mol. The number of nitroso groups, excluding NO2 is 1. The van der Waals surface area contributed by atoms with Crippen molar-refractivity contribution in [3.63, 3.8) is 0 Å². The summed E-state index contributed by atoms with van der Waals surface area (Å²) < 4.78 is 16.9. The lowest BCUT2D eigenvalue weighted by molar-refractivity contribution is -0.184. The minimum absolute atomic E-state index is 0.679. The van der Waals surface area contributed by atoms with Crippen molar-refractivity contribution in [3.05, 3.63) is 4.91 Å². The highest BCUT2D eigenvalue weighted by molar-refractivity contribution is 5.87. The highest BCUT2D eigenvalue weighted by Gasteiger charge is 2.45. The van der Waals surface area contributed by atoms with Crippen molar-refractivity contribution < 1.29 is 24.1 Å². The van der Waals surface area contributed by atoms with Crippen molar-refractivity contribution in [2.45, 2.75) is 24.6 Å². The molecule has 0 saturated carbocycles. The lowest BCUT2D eigenvalue weighted by Crippen LogP contribution is -2.53. The molecular formula is C6H8FNO5. The van der Waals surface area contributed by atoms with Crippen molar-refractivity contribution in [2.24, 2.45) is 5.18 Å². The summed E-state index contributed by atoms with van der Waals surface area (Å²) in [5.74, 6) is -1.24. The highest BCUT2D eigenvalue weighted by atomic mass is 19.1. The summed E-state index contributed by atoms with van der Waals surface area (Å²) in [5, 5.41) is 20.0. The average molecular weight is 193 g/mol. The minimum Gasteiger partial charge on any atom is -0.394 e. The van der Waals surface area contributed by atoms with Gasteiger partial charge in [0.05, 0.1) is 6.61 Å². The summed E-state index contributed by atoms with van der Waals surface area (Å²) in [6.07, 6.45) is -5.40. The maximum absolute atomic E-state index is 12.6. The van der Waals surface area contributed by atoms with Crippen molar-refractivity contribution in [3.8, 4) is 0 Å². The van der Waals surface area contributed by atoms with Gasteiger partial charge >= 0.3 is 0 Å². The first-order valence-corrected chi connectivity index (χ1v) is 3.56. The van der Waals surface area contributed by atoms with Gasteiger partial charge in [-0.15, -0.1) is 0 Å². The van der Waals surface area contributed by atoms with E-state index in [-0.39, 0.29) is 0 Å². The lowest BCUT2D eigenvalue weighted by Gasteiger charge is -2.30. The van der Waals surface area contributed by atoms with E-state index in [1.165, 1.54) is 0 Å². The number of carbonyl (C=O) groups excluding carboxylic acids is 1. The average Bonchev–Trinajstić information content (AvgIpc) is 2.13. The van der Waals surface area contributed by atoms with Gasteiger partial charge in [-0.05, 0) is 0 Å². The van der Waals surface area contributed by atoms with Gasteiger partial charge < -0.3 is 14.9 Å². The number of Topliss-reactive ketones (excluding diaryl/α,β-unsaturated/α-hetero) is 1. The molecule has 1 aliphatic rings. The molecule has 7 heteroatoms. The number of halogens is 1. The molecule has 1 aliphatic heterocycles. The van der Waals surface area contributed by atoms with Gasteiger partial charge in [0.2, 0.25) is 5.78 Å². The van der Waals surface area contributed by atoms with E-state index < -0.39 is 37.0 Å². The van der Waals surface area contributed by atoms with Gasteiger partial charge in [-0.1, -0.05) is 5.18 Å². The summed E-state index contributed by atoms with van der Waals surface area (Å²) >= 11 is 0. The van der Waals surface area contributed by atoms with Gasteiger partial charge in [0.25, 0.3) is 6.36 Å². The van der Waals surface area contributed by atoms with E-state index in [4.69, 9.17) is 10.2 Å². The second-order valence-electron chi connectivity index (χ2n) is 2.62. The monoisotopic (exact) mass is 193 g/mol. The van der Waals surface area contributed by atoms with E-state index in [0.29, 0.717) is 0 Å². The number of carbonyl (C=O) groups is 1. The molecular weight excluding hydrogens is 185 g/mol. The van der Waals surface area contributed by atoms with E-state index in [9.17, 15) is 14.1 Å². The number of ketones is 1. The van der Waals surface area contributed by atoms with Gasteiger partial charge in [-0.25, -0.2) is 4.39 Å². The Balaban J connectivity index is 2.80. The van der Waals surface area contributed by atoms with Crippen LogP contribution in [0.15, 0.2) is 5.18 Å². The molecule has 0 aromatic rings. The Morgan fingerprint density at radius 1 is 1.62 bits per heavy atom. The third-order valence-corrected chi connectivity index (χ3v) is 1.82. The van der Waals surface area contributed by atoms with Crippen LogP contribution in [0.4, 0.5) is 4.39 Å². The number of alkyl halides is 1. The van der Waals surface area contributed by atoms with E-state index in [1.54, 1.807) is 0 Å². The lowest BCUT2D eigenvalue weighted by atomic mass is 9.99. The molecule has 0 radical (unpaired) electrons. The summed E-state index contributed by atoms with van der Waals surface area (Å²) in [4.78, 5) is 20.8. The van der Waals surface area contributed by atoms with Crippen molar-refractivity contribution in [2.75, 3.05) is 6.61 Å². The normalized spacial score (nSPS) is 40.4. The number of ether oxygens (including phenoxy) is 1. The Hall–Kier alpha value is -0.920. The molecule has 1 rings (SSSR count). The number of hydrogen-bond acceptors (Lipinski definition) is 6. The second-order valence-corrected chi connectivity index (χ2v) is 2.62. The first kappa shape index (κ1) is 10.2. The third-order valence-electron chi connectivity index (χ3n) is 1.82. The molecule has 0 aromatic carbocycles. The van der Waals surface area contributed by atoms with Gasteiger partial charge in [-0.3, -0.25) is 4.79 Å². The zero-order valence-corrected chi connectivity index (χ0v) is 6.46. The Morgan fingerprint density at radius 3 is 2.69 bits per heavy atom. The first-order chi connectivity index (χ1) is 6.11. The standard InChI is InChI=1S/C6H8FNO5/c7-6-5(11)4(10)3(8-12)2(1-9)13-6/h2-4,6,9-10H,1H2. The molecule has 2 N–H and O–H groups in total. The van der Waals surface area contributed by atoms with Crippen molar-refractivity contribution in [1.82, 2.24) is 0 Å². The Kier molecular flexibility index (Phi) is 3.02. The highest BCUT2D eigenvalue weighted by Crippen LogP contribution is 2.20. The summed E-state index contributed by atoms with van der Waals surface area (Å²) in [6.45, 7) is -0.679. The van der Waals surface area contributed by atoms with Crippen LogP contribution in [0.2, 0.25) is 0 Å². The predicted octanol–water partition coefficient (Wildman–Crippen LogP) is -1.26. The number of aliphatic hydroxyl groups is 2. The fourth-order valence-electron chi connectivity index (χ4n) is 1.08. The molecule has 0 amide bonds. The first-order valence-electron chi connectivity index (χ1n) is 3.56. The van der Waals surface area contributed by atoms with Crippen LogP contribution in [0.5, 0.6) is 0 Å². The van der Waals surface area contributed by atoms with E-state index >= 15 is 0 Å². The van der Waals surface area contributed by atoms with Gasteiger partial charge in [-0.2, -0.15) is 4.91 Å². The second kappa shape index (κ2) is 3.86. The van der Waals surface area contributed by atoms with Crippen LogP contribution < -0.4 is 0 Å². The maximum atomic E-state index is 12.6. The third kappa shape index (κ3) is 1.71. The molecule has 6 nitrogen and oxygen atoms in total. The molecule has 0 aliphatic carbocycles. The molecule has 4 atom stereocenters.